The van der Waals surface area contributed by atoms with Crippen LogP contribution in [0.15, 0.2) is 29.2 Å². The molecule has 0 radical (unpaired) electrons. The van der Waals surface area contributed by atoms with Crippen molar-refractivity contribution in [3.05, 3.63) is 24.3 Å². The molecule has 0 aliphatic heterocycles. The van der Waals surface area contributed by atoms with Crippen LogP contribution in [-0.2, 0) is 20.0 Å². The highest BCUT2D eigenvalue weighted by Crippen LogP contribution is 2.24. The monoisotopic (exact) mass is 319 g/mol. The highest BCUT2D eigenvalue weighted by atomic mass is 32.3. The van der Waals surface area contributed by atoms with Crippen molar-refractivity contribution in [2.24, 2.45) is 0 Å². The SMILES string of the molecule is COc1ccc(S(=O)(=O)NS(=O)(=O)C(F)(F)F)cc1. The molecule has 0 unspecified atom stereocenters. The number of hydrogen-bond donors (Lipinski definition) is 1. The second-order valence-corrected chi connectivity index (χ2v) is 6.83. The number of benzene rings is 1. The Kier molecular flexibility index (Phi) is 4.12. The van der Waals surface area contributed by atoms with Crippen molar-refractivity contribution in [1.82, 2.24) is 4.13 Å². The van der Waals surface area contributed by atoms with E-state index in [1.165, 1.54) is 7.11 Å². The highest BCUT2D eigenvalue weighted by molar-refractivity contribution is 8.05. The second-order valence-electron chi connectivity index (χ2n) is 3.21. The lowest BCUT2D eigenvalue weighted by Gasteiger charge is -2.10. The molecule has 0 bridgehead atoms. The van der Waals surface area contributed by atoms with Crippen LogP contribution < -0.4 is 8.86 Å². The van der Waals surface area contributed by atoms with Crippen molar-refractivity contribution in [3.63, 3.8) is 0 Å². The second kappa shape index (κ2) is 4.98. The average molecular weight is 319 g/mol. The van der Waals surface area contributed by atoms with Crippen LogP contribution >= 0.6 is 0 Å². The van der Waals surface area contributed by atoms with Gasteiger partial charge < -0.3 is 4.74 Å². The predicted molar refractivity (Wildman–Crippen MR) is 58.3 cm³/mol. The summed E-state index contributed by atoms with van der Waals surface area (Å²) in [5, 5.41) is 0. The van der Waals surface area contributed by atoms with Gasteiger partial charge in [-0.15, -0.1) is 0 Å². The summed E-state index contributed by atoms with van der Waals surface area (Å²) in [4.78, 5) is -0.638. The predicted octanol–water partition coefficient (Wildman–Crippen LogP) is 0.823. The van der Waals surface area contributed by atoms with Gasteiger partial charge in [-0.05, 0) is 24.3 Å². The fraction of sp³-hybridized carbons (Fsp3) is 0.250. The van der Waals surface area contributed by atoms with Gasteiger partial charge in [-0.3, -0.25) is 0 Å². The fourth-order valence-corrected chi connectivity index (χ4v) is 3.41. The maximum absolute atomic E-state index is 12.1. The van der Waals surface area contributed by atoms with Gasteiger partial charge in [0.1, 0.15) is 5.75 Å². The van der Waals surface area contributed by atoms with Gasteiger partial charge in [-0.25, -0.2) is 16.8 Å². The Bertz CT molecular complexity index is 649. The molecule has 1 N–H and O–H groups in total. The largest absolute Gasteiger partial charge is 0.512 e. The van der Waals surface area contributed by atoms with E-state index >= 15 is 0 Å². The van der Waals surface area contributed by atoms with Gasteiger partial charge in [-0.2, -0.15) is 13.2 Å². The Hall–Kier alpha value is -1.33. The molecule has 0 amide bonds. The zero-order valence-corrected chi connectivity index (χ0v) is 10.9. The van der Waals surface area contributed by atoms with Crippen LogP contribution in [0.25, 0.3) is 0 Å². The van der Waals surface area contributed by atoms with E-state index in [0.29, 0.717) is 4.13 Å². The zero-order chi connectivity index (χ0) is 14.9. The van der Waals surface area contributed by atoms with E-state index in [9.17, 15) is 30.0 Å². The lowest BCUT2D eigenvalue weighted by molar-refractivity contribution is -0.0441. The van der Waals surface area contributed by atoms with Crippen LogP contribution in [0.5, 0.6) is 5.75 Å². The van der Waals surface area contributed by atoms with E-state index in [0.717, 1.165) is 24.3 Å². The lowest BCUT2D eigenvalue weighted by Crippen LogP contribution is -2.40. The molecule has 19 heavy (non-hydrogen) atoms. The summed E-state index contributed by atoms with van der Waals surface area (Å²) in [5.41, 5.74) is -5.72. The first kappa shape index (κ1) is 15.7. The summed E-state index contributed by atoms with van der Waals surface area (Å²) in [5.74, 6) is 0.262. The van der Waals surface area contributed by atoms with Gasteiger partial charge in [0.2, 0.25) is 0 Å². The fourth-order valence-electron chi connectivity index (χ4n) is 0.995. The van der Waals surface area contributed by atoms with E-state index in [1.54, 1.807) is 0 Å². The standard InChI is InChI=1S/C8H8F3NO5S2/c1-17-6-2-4-7(5-3-6)18(13,14)12-19(15,16)8(9,10)11/h2-5,12H,1H3. The molecule has 0 aliphatic carbocycles. The molecule has 1 aromatic carbocycles. The van der Waals surface area contributed by atoms with Gasteiger partial charge >= 0.3 is 15.5 Å². The van der Waals surface area contributed by atoms with E-state index < -0.39 is 30.5 Å². The van der Waals surface area contributed by atoms with Crippen LogP contribution in [-0.4, -0.2) is 29.5 Å². The molecule has 1 rings (SSSR count). The van der Waals surface area contributed by atoms with Crippen molar-refractivity contribution >= 4 is 20.0 Å². The summed E-state index contributed by atoms with van der Waals surface area (Å²) in [6.45, 7) is 0. The van der Waals surface area contributed by atoms with Crippen molar-refractivity contribution in [2.75, 3.05) is 7.11 Å². The van der Waals surface area contributed by atoms with Crippen molar-refractivity contribution in [1.29, 1.82) is 0 Å². The summed E-state index contributed by atoms with van der Waals surface area (Å²) in [6.07, 6.45) is 0. The first-order valence-electron chi connectivity index (χ1n) is 4.48. The van der Waals surface area contributed by atoms with Gasteiger partial charge in [0.05, 0.1) is 12.0 Å². The van der Waals surface area contributed by atoms with Crippen LogP contribution in [0.2, 0.25) is 0 Å². The molecular weight excluding hydrogens is 311 g/mol. The van der Waals surface area contributed by atoms with E-state index in [1.807, 2.05) is 0 Å². The minimum absolute atomic E-state index is 0.262. The van der Waals surface area contributed by atoms with E-state index in [4.69, 9.17) is 4.74 Å². The summed E-state index contributed by atoms with van der Waals surface area (Å²) < 4.78 is 85.9. The van der Waals surface area contributed by atoms with Gasteiger partial charge in [0, 0.05) is 0 Å². The van der Waals surface area contributed by atoms with E-state index in [2.05, 4.69) is 0 Å². The van der Waals surface area contributed by atoms with Crippen LogP contribution in [0, 0.1) is 0 Å². The quantitative estimate of drug-likeness (QED) is 0.887. The first-order chi connectivity index (χ1) is 8.49. The normalized spacial score (nSPS) is 13.3. The number of rotatable bonds is 4. The third kappa shape index (κ3) is 3.58. The van der Waals surface area contributed by atoms with Gasteiger partial charge in [0.15, 0.2) is 0 Å². The Balaban J connectivity index is 3.12. The molecule has 0 spiro atoms. The molecule has 0 aliphatic rings. The molecule has 6 nitrogen and oxygen atoms in total. The number of nitrogens with one attached hydrogen (secondary N) is 1. The zero-order valence-electron chi connectivity index (χ0n) is 9.30. The van der Waals surface area contributed by atoms with Crippen LogP contribution in [0.1, 0.15) is 0 Å². The number of ether oxygens (including phenoxy) is 1. The maximum atomic E-state index is 12.1. The summed E-state index contributed by atoms with van der Waals surface area (Å²) in [7, 11) is -9.53. The van der Waals surface area contributed by atoms with Gasteiger partial charge in [-0.1, -0.05) is 4.13 Å². The molecular formula is C8H8F3NO5S2. The number of alkyl halides is 3. The summed E-state index contributed by atoms with van der Waals surface area (Å²) >= 11 is 0. The number of halogens is 3. The topological polar surface area (TPSA) is 89.5 Å². The van der Waals surface area contributed by atoms with Crippen molar-refractivity contribution < 1.29 is 34.7 Å². The molecule has 0 fully saturated rings. The molecule has 0 heterocycles. The maximum Gasteiger partial charge on any atom is 0.512 e. The highest BCUT2D eigenvalue weighted by Gasteiger charge is 2.48. The van der Waals surface area contributed by atoms with Gasteiger partial charge in [0.25, 0.3) is 10.0 Å². The Morgan fingerprint density at radius 3 is 1.89 bits per heavy atom. The summed E-state index contributed by atoms with van der Waals surface area (Å²) in [6, 6.07) is 4.14. The van der Waals surface area contributed by atoms with Crippen molar-refractivity contribution in [2.45, 2.75) is 10.4 Å². The number of methoxy groups -OCH3 is 1. The Morgan fingerprint density at radius 1 is 1.05 bits per heavy atom. The lowest BCUT2D eigenvalue weighted by atomic mass is 10.3. The van der Waals surface area contributed by atoms with Crippen LogP contribution in [0.3, 0.4) is 0 Å². The molecule has 11 heteroatoms. The molecule has 0 aromatic heterocycles. The molecule has 0 atom stereocenters. The van der Waals surface area contributed by atoms with Crippen LogP contribution in [0.4, 0.5) is 13.2 Å². The Labute approximate surface area is 107 Å². The third-order valence-electron chi connectivity index (χ3n) is 1.89. The number of sulfonamides is 2. The number of hydrogen-bond acceptors (Lipinski definition) is 5. The molecule has 0 saturated heterocycles. The minimum atomic E-state index is -5.99. The molecule has 108 valence electrons. The smallest absolute Gasteiger partial charge is 0.497 e. The first-order valence-corrected chi connectivity index (χ1v) is 7.45. The third-order valence-corrected chi connectivity index (χ3v) is 5.15. The minimum Gasteiger partial charge on any atom is -0.497 e. The average Bonchev–Trinajstić information content (AvgIpc) is 2.26. The van der Waals surface area contributed by atoms with Crippen molar-refractivity contribution in [3.8, 4) is 5.75 Å². The molecule has 0 saturated carbocycles. The molecule has 1 aromatic rings. The van der Waals surface area contributed by atoms with E-state index in [-0.39, 0.29) is 5.75 Å². The Morgan fingerprint density at radius 2 is 1.53 bits per heavy atom.